The molecular weight excluding hydrogens is 224 g/mol. The van der Waals surface area contributed by atoms with Crippen molar-refractivity contribution in [2.24, 2.45) is 0 Å². The first-order valence-electron chi connectivity index (χ1n) is 5.52. The van der Waals surface area contributed by atoms with E-state index in [0.29, 0.717) is 0 Å². The van der Waals surface area contributed by atoms with E-state index in [1.807, 2.05) is 13.8 Å². The Bertz CT molecular complexity index is 433. The van der Waals surface area contributed by atoms with E-state index >= 15 is 0 Å². The van der Waals surface area contributed by atoms with Gasteiger partial charge in [-0.05, 0) is 6.92 Å². The molecular formula is C11H18N2O4. The first-order chi connectivity index (χ1) is 8.11. The van der Waals surface area contributed by atoms with Gasteiger partial charge in [-0.25, -0.2) is 0 Å². The third kappa shape index (κ3) is 3.58. The van der Waals surface area contributed by atoms with Gasteiger partial charge in [-0.1, -0.05) is 13.8 Å². The summed E-state index contributed by atoms with van der Waals surface area (Å²) in [5, 5.41) is 5.14. The van der Waals surface area contributed by atoms with Gasteiger partial charge in [-0.2, -0.15) is 0 Å². The molecule has 0 fully saturated rings. The first kappa shape index (κ1) is 15.2. The molecule has 0 bridgehead atoms. The van der Waals surface area contributed by atoms with Crippen LogP contribution in [0.2, 0.25) is 0 Å². The number of hydrogen-bond acceptors (Lipinski definition) is 6. The third-order valence-electron chi connectivity index (χ3n) is 1.88. The highest BCUT2D eigenvalue weighted by Gasteiger charge is 2.19. The molecule has 0 radical (unpaired) electrons. The van der Waals surface area contributed by atoms with Crippen molar-refractivity contribution in [2.75, 3.05) is 30.8 Å². The summed E-state index contributed by atoms with van der Waals surface area (Å²) in [7, 11) is 1.53. The Morgan fingerprint density at radius 2 is 1.71 bits per heavy atom. The van der Waals surface area contributed by atoms with E-state index in [2.05, 4.69) is 15.4 Å². The van der Waals surface area contributed by atoms with Crippen LogP contribution in [0.4, 0.5) is 11.4 Å². The number of anilines is 2. The number of hydrogen-bond donors (Lipinski definition) is 2. The number of ether oxygens (including phenoxy) is 1. The monoisotopic (exact) mass is 242 g/mol. The van der Waals surface area contributed by atoms with E-state index in [0.717, 1.165) is 0 Å². The van der Waals surface area contributed by atoms with Crippen molar-refractivity contribution in [1.82, 2.24) is 0 Å². The van der Waals surface area contributed by atoms with Crippen LogP contribution in [0, 0.1) is 0 Å². The summed E-state index contributed by atoms with van der Waals surface area (Å²) in [6, 6.07) is 0. The number of carbonyl (C=O) groups excluding carboxylic acids is 1. The summed E-state index contributed by atoms with van der Waals surface area (Å²) >= 11 is 0. The smallest absolute Gasteiger partial charge is 0.325 e. The maximum Gasteiger partial charge on any atom is 0.325 e. The molecule has 0 amide bonds. The molecule has 1 aromatic rings. The maximum absolute atomic E-state index is 11.0. The topological polar surface area (TPSA) is 84.5 Å². The molecule has 0 atom stereocenters. The van der Waals surface area contributed by atoms with E-state index in [-0.39, 0.29) is 24.5 Å². The van der Waals surface area contributed by atoms with Crippen LogP contribution >= 0.6 is 0 Å². The van der Waals surface area contributed by atoms with Crippen LogP contribution < -0.4 is 21.5 Å². The molecule has 0 aliphatic heterocycles. The zero-order valence-electron chi connectivity index (χ0n) is 10.5. The largest absolute Gasteiger partial charge is 0.465 e. The van der Waals surface area contributed by atoms with Crippen LogP contribution in [0.15, 0.2) is 9.59 Å². The van der Waals surface area contributed by atoms with Crippen molar-refractivity contribution >= 4 is 17.3 Å². The van der Waals surface area contributed by atoms with Crippen molar-refractivity contribution in [3.63, 3.8) is 0 Å². The lowest BCUT2D eigenvalue weighted by atomic mass is 10.2. The molecule has 1 aromatic carbocycles. The minimum Gasteiger partial charge on any atom is -0.465 e. The van der Waals surface area contributed by atoms with Crippen LogP contribution in [0.5, 0.6) is 0 Å². The summed E-state index contributed by atoms with van der Waals surface area (Å²) in [6.07, 6.45) is 0. The second-order valence-electron chi connectivity index (χ2n) is 2.82. The van der Waals surface area contributed by atoms with Gasteiger partial charge in [0.25, 0.3) is 10.9 Å². The third-order valence-corrected chi connectivity index (χ3v) is 1.88. The SMILES string of the molecule is CC.CCOC(=O)CNc1c(NC)c(=O)c1=O. The van der Waals surface area contributed by atoms with Crippen LogP contribution in [0.25, 0.3) is 0 Å². The van der Waals surface area contributed by atoms with Gasteiger partial charge in [-0.15, -0.1) is 0 Å². The minimum atomic E-state index is -0.608. The second-order valence-corrected chi connectivity index (χ2v) is 2.82. The number of esters is 1. The summed E-state index contributed by atoms with van der Waals surface area (Å²) < 4.78 is 4.65. The van der Waals surface area contributed by atoms with Crippen LogP contribution in [-0.4, -0.2) is 26.2 Å². The van der Waals surface area contributed by atoms with Crippen LogP contribution in [-0.2, 0) is 9.53 Å². The molecule has 0 aliphatic rings. The Balaban J connectivity index is 0.00000121. The van der Waals surface area contributed by atoms with Crippen LogP contribution in [0.3, 0.4) is 0 Å². The van der Waals surface area contributed by atoms with Crippen molar-refractivity contribution in [2.45, 2.75) is 20.8 Å². The summed E-state index contributed by atoms with van der Waals surface area (Å²) in [5.74, 6) is -0.465. The number of nitrogens with one attached hydrogen (secondary N) is 2. The molecule has 2 N–H and O–H groups in total. The quantitative estimate of drug-likeness (QED) is 0.571. The number of carbonyl (C=O) groups is 1. The van der Waals surface area contributed by atoms with Crippen LogP contribution in [0.1, 0.15) is 20.8 Å². The lowest BCUT2D eigenvalue weighted by Crippen LogP contribution is -2.37. The Kier molecular flexibility index (Phi) is 6.62. The molecule has 0 heterocycles. The zero-order chi connectivity index (χ0) is 13.4. The van der Waals surface area contributed by atoms with Crippen molar-refractivity contribution in [3.8, 4) is 0 Å². The standard InChI is InChI=1S/C9H12N2O4.C2H6/c1-3-15-5(12)4-11-7-6(10-2)8(13)9(7)14;1-2/h10-11H,3-4H2,1-2H3;1-2H3. The fourth-order valence-electron chi connectivity index (χ4n) is 1.17. The predicted octanol–water partition coefficient (Wildman–Crippen LogP) is 0.326. The molecule has 1 rings (SSSR count). The van der Waals surface area contributed by atoms with E-state index in [1.54, 1.807) is 6.92 Å². The Morgan fingerprint density at radius 1 is 1.18 bits per heavy atom. The molecule has 6 heteroatoms. The van der Waals surface area contributed by atoms with Gasteiger partial charge in [0.05, 0.1) is 6.61 Å². The molecule has 17 heavy (non-hydrogen) atoms. The first-order valence-corrected chi connectivity index (χ1v) is 5.52. The lowest BCUT2D eigenvalue weighted by Gasteiger charge is -2.11. The maximum atomic E-state index is 11.0. The van der Waals surface area contributed by atoms with Gasteiger partial charge in [0.2, 0.25) is 0 Å². The molecule has 0 saturated heterocycles. The van der Waals surface area contributed by atoms with E-state index in [1.165, 1.54) is 7.05 Å². The Morgan fingerprint density at radius 3 is 2.18 bits per heavy atom. The van der Waals surface area contributed by atoms with E-state index < -0.39 is 16.8 Å². The molecule has 0 unspecified atom stereocenters. The van der Waals surface area contributed by atoms with Gasteiger partial charge < -0.3 is 15.4 Å². The summed E-state index contributed by atoms with van der Waals surface area (Å²) in [6.45, 7) is 5.85. The van der Waals surface area contributed by atoms with Gasteiger partial charge in [0.15, 0.2) is 0 Å². The molecule has 0 saturated carbocycles. The fourth-order valence-corrected chi connectivity index (χ4v) is 1.17. The average molecular weight is 242 g/mol. The molecule has 0 aliphatic carbocycles. The van der Waals surface area contributed by atoms with E-state index in [4.69, 9.17) is 0 Å². The second kappa shape index (κ2) is 7.43. The summed E-state index contributed by atoms with van der Waals surface area (Å²) in [4.78, 5) is 32.9. The van der Waals surface area contributed by atoms with Crippen molar-refractivity contribution < 1.29 is 9.53 Å². The molecule has 6 nitrogen and oxygen atoms in total. The minimum absolute atomic E-state index is 0.118. The average Bonchev–Trinajstić information content (AvgIpc) is 2.36. The Hall–Kier alpha value is -1.85. The highest BCUT2D eigenvalue weighted by atomic mass is 16.5. The van der Waals surface area contributed by atoms with Gasteiger partial charge >= 0.3 is 5.97 Å². The Labute approximate surface area is 99.7 Å². The highest BCUT2D eigenvalue weighted by molar-refractivity contribution is 5.80. The molecule has 0 aromatic heterocycles. The normalized spacial score (nSPS) is 9.18. The van der Waals surface area contributed by atoms with Gasteiger partial charge in [0.1, 0.15) is 17.9 Å². The zero-order valence-corrected chi connectivity index (χ0v) is 10.5. The lowest BCUT2D eigenvalue weighted by molar-refractivity contribution is -0.140. The van der Waals surface area contributed by atoms with Crippen molar-refractivity contribution in [3.05, 3.63) is 20.4 Å². The highest BCUT2D eigenvalue weighted by Crippen LogP contribution is 2.12. The van der Waals surface area contributed by atoms with Gasteiger partial charge in [-0.3, -0.25) is 14.4 Å². The molecule has 0 spiro atoms. The van der Waals surface area contributed by atoms with Crippen molar-refractivity contribution in [1.29, 1.82) is 0 Å². The molecule has 96 valence electrons. The van der Waals surface area contributed by atoms with E-state index in [9.17, 15) is 14.4 Å². The summed E-state index contributed by atoms with van der Waals surface area (Å²) in [5.41, 5.74) is -0.813. The fraction of sp³-hybridized carbons (Fsp3) is 0.545. The van der Waals surface area contributed by atoms with Gasteiger partial charge in [0, 0.05) is 7.05 Å². The number of rotatable bonds is 5. The predicted molar refractivity (Wildman–Crippen MR) is 67.4 cm³/mol.